The SMILES string of the molecule is COc1cc(N(C)CCO)ccc1Nc1nccc(-c2c(-c3ccc4nc(Cc5ccccc5)[nH]c4c3)nc3ccccn23)n1. The maximum absolute atomic E-state index is 9.32. The average molecular weight is 597 g/mol. The Bertz CT molecular complexity index is 2100. The first-order valence-electron chi connectivity index (χ1n) is 14.7. The largest absolute Gasteiger partial charge is 0.494 e. The molecule has 7 aromatic rings. The summed E-state index contributed by atoms with van der Waals surface area (Å²) in [4.78, 5) is 24.7. The topological polar surface area (TPSA) is 116 Å². The number of benzene rings is 3. The number of pyridine rings is 1. The molecule has 0 unspecified atom stereocenters. The summed E-state index contributed by atoms with van der Waals surface area (Å²) < 4.78 is 7.71. The van der Waals surface area contributed by atoms with Crippen LogP contribution in [-0.4, -0.2) is 61.7 Å². The van der Waals surface area contributed by atoms with Crippen LogP contribution in [0.3, 0.4) is 0 Å². The molecule has 10 heteroatoms. The molecule has 10 nitrogen and oxygen atoms in total. The number of nitrogens with one attached hydrogen (secondary N) is 2. The molecule has 0 radical (unpaired) electrons. The van der Waals surface area contributed by atoms with E-state index in [0.29, 0.717) is 23.9 Å². The van der Waals surface area contributed by atoms with Gasteiger partial charge >= 0.3 is 0 Å². The van der Waals surface area contributed by atoms with Gasteiger partial charge in [0.15, 0.2) is 0 Å². The van der Waals surface area contributed by atoms with Crippen LogP contribution in [0.15, 0.2) is 103 Å². The van der Waals surface area contributed by atoms with E-state index in [1.54, 1.807) is 13.3 Å². The number of hydrogen-bond acceptors (Lipinski definition) is 8. The van der Waals surface area contributed by atoms with Crippen LogP contribution in [0.1, 0.15) is 11.4 Å². The van der Waals surface area contributed by atoms with Gasteiger partial charge in [0.25, 0.3) is 0 Å². The Morgan fingerprint density at radius 3 is 2.64 bits per heavy atom. The van der Waals surface area contributed by atoms with Gasteiger partial charge < -0.3 is 25.0 Å². The summed E-state index contributed by atoms with van der Waals surface area (Å²) in [5, 5.41) is 12.6. The lowest BCUT2D eigenvalue weighted by Gasteiger charge is -2.20. The van der Waals surface area contributed by atoms with E-state index in [4.69, 9.17) is 19.7 Å². The molecule has 0 saturated heterocycles. The van der Waals surface area contributed by atoms with E-state index in [-0.39, 0.29) is 6.61 Å². The number of aliphatic hydroxyl groups is 1. The fraction of sp³-hybridized carbons (Fsp3) is 0.143. The minimum absolute atomic E-state index is 0.0652. The first-order valence-corrected chi connectivity index (χ1v) is 14.7. The highest BCUT2D eigenvalue weighted by atomic mass is 16.5. The number of likely N-dealkylation sites (N-methyl/N-ethyl adjacent to an activating group) is 1. The molecule has 7 rings (SSSR count). The van der Waals surface area contributed by atoms with E-state index in [1.165, 1.54) is 5.56 Å². The second kappa shape index (κ2) is 12.1. The zero-order valence-corrected chi connectivity index (χ0v) is 25.0. The third-order valence-electron chi connectivity index (χ3n) is 7.75. The van der Waals surface area contributed by atoms with Gasteiger partial charge in [-0.05, 0) is 48.0 Å². The fourth-order valence-corrected chi connectivity index (χ4v) is 5.50. The van der Waals surface area contributed by atoms with Crippen molar-refractivity contribution in [3.05, 3.63) is 115 Å². The number of methoxy groups -OCH3 is 1. The zero-order valence-electron chi connectivity index (χ0n) is 25.0. The van der Waals surface area contributed by atoms with Crippen molar-refractivity contribution in [2.45, 2.75) is 6.42 Å². The Labute approximate surface area is 260 Å². The van der Waals surface area contributed by atoms with Crippen LogP contribution >= 0.6 is 0 Å². The number of nitrogens with zero attached hydrogens (tertiary/aromatic N) is 6. The molecule has 0 bridgehead atoms. The minimum Gasteiger partial charge on any atom is -0.494 e. The van der Waals surface area contributed by atoms with Gasteiger partial charge in [-0.2, -0.15) is 0 Å². The summed E-state index contributed by atoms with van der Waals surface area (Å²) in [6.45, 7) is 0.584. The molecule has 0 aliphatic heterocycles. The number of aromatic amines is 1. The number of aliphatic hydroxyl groups excluding tert-OH is 1. The van der Waals surface area contributed by atoms with Gasteiger partial charge in [-0.1, -0.05) is 42.5 Å². The van der Waals surface area contributed by atoms with Gasteiger partial charge in [0.2, 0.25) is 5.95 Å². The Morgan fingerprint density at radius 2 is 1.80 bits per heavy atom. The van der Waals surface area contributed by atoms with E-state index >= 15 is 0 Å². The van der Waals surface area contributed by atoms with Crippen molar-refractivity contribution in [1.82, 2.24) is 29.3 Å². The summed E-state index contributed by atoms with van der Waals surface area (Å²) in [6.07, 6.45) is 4.46. The van der Waals surface area contributed by atoms with Crippen LogP contribution in [0, 0.1) is 0 Å². The van der Waals surface area contributed by atoms with E-state index in [1.807, 2.05) is 89.3 Å². The summed E-state index contributed by atoms with van der Waals surface area (Å²) in [6, 6.07) is 30.1. The predicted molar refractivity (Wildman–Crippen MR) is 177 cm³/mol. The number of rotatable bonds is 10. The van der Waals surface area contributed by atoms with Crippen molar-refractivity contribution < 1.29 is 9.84 Å². The number of ether oxygens (including phenoxy) is 1. The molecular formula is C35H32N8O2. The highest BCUT2D eigenvalue weighted by Gasteiger charge is 2.19. The molecule has 0 amide bonds. The molecule has 3 N–H and O–H groups in total. The number of H-pyrrole nitrogens is 1. The monoisotopic (exact) mass is 596 g/mol. The number of anilines is 3. The molecule has 45 heavy (non-hydrogen) atoms. The second-order valence-corrected chi connectivity index (χ2v) is 10.7. The number of imidazole rings is 2. The smallest absolute Gasteiger partial charge is 0.227 e. The lowest BCUT2D eigenvalue weighted by Crippen LogP contribution is -2.21. The van der Waals surface area contributed by atoms with Crippen LogP contribution in [0.2, 0.25) is 0 Å². The third-order valence-corrected chi connectivity index (χ3v) is 7.75. The lowest BCUT2D eigenvalue weighted by atomic mass is 10.1. The van der Waals surface area contributed by atoms with Gasteiger partial charge in [-0.15, -0.1) is 0 Å². The average Bonchev–Trinajstić information content (AvgIpc) is 3.66. The molecule has 0 spiro atoms. The fourth-order valence-electron chi connectivity index (χ4n) is 5.50. The Morgan fingerprint density at radius 1 is 0.933 bits per heavy atom. The van der Waals surface area contributed by atoms with E-state index < -0.39 is 0 Å². The molecule has 0 saturated carbocycles. The summed E-state index contributed by atoms with van der Waals surface area (Å²) in [7, 11) is 3.55. The predicted octanol–water partition coefficient (Wildman–Crippen LogP) is 6.11. The maximum atomic E-state index is 9.32. The Kier molecular flexibility index (Phi) is 7.54. The molecular weight excluding hydrogens is 564 g/mol. The molecule has 0 aliphatic carbocycles. The normalized spacial score (nSPS) is 11.3. The van der Waals surface area contributed by atoms with Crippen molar-refractivity contribution >= 4 is 34.0 Å². The molecule has 4 heterocycles. The third kappa shape index (κ3) is 5.66. The second-order valence-electron chi connectivity index (χ2n) is 10.7. The van der Waals surface area contributed by atoms with Crippen molar-refractivity contribution in [2.75, 3.05) is 37.5 Å². The molecule has 0 aliphatic rings. The van der Waals surface area contributed by atoms with Crippen LogP contribution in [0.5, 0.6) is 5.75 Å². The van der Waals surface area contributed by atoms with Crippen LogP contribution in [-0.2, 0) is 6.42 Å². The standard InChI is InChI=1S/C35H32N8O2/c1-42(18-19-44)25-12-14-27(30(22-25)45-2)39-35-36-16-15-28(40-35)34-33(41-32-10-6-7-17-43(32)34)24-11-13-26-29(21-24)38-31(37-26)20-23-8-4-3-5-9-23/h3-17,21-22,44H,18-20H2,1-2H3,(H,37,38)(H,36,39,40). The number of fused-ring (bicyclic) bond motifs is 2. The summed E-state index contributed by atoms with van der Waals surface area (Å²) in [5.41, 5.74) is 8.86. The summed E-state index contributed by atoms with van der Waals surface area (Å²) in [5.74, 6) is 1.98. The van der Waals surface area contributed by atoms with Gasteiger partial charge in [0.1, 0.15) is 17.2 Å². The van der Waals surface area contributed by atoms with Gasteiger partial charge in [-0.25, -0.2) is 19.9 Å². The quantitative estimate of drug-likeness (QED) is 0.173. The van der Waals surface area contributed by atoms with Crippen LogP contribution in [0.25, 0.3) is 39.3 Å². The minimum atomic E-state index is 0.0652. The highest BCUT2D eigenvalue weighted by molar-refractivity contribution is 5.87. The van der Waals surface area contributed by atoms with Gasteiger partial charge in [-0.3, -0.25) is 4.40 Å². The van der Waals surface area contributed by atoms with Crippen molar-refractivity contribution in [2.24, 2.45) is 0 Å². The maximum Gasteiger partial charge on any atom is 0.227 e. The summed E-state index contributed by atoms with van der Waals surface area (Å²) >= 11 is 0. The molecule has 0 fully saturated rings. The van der Waals surface area contributed by atoms with E-state index in [9.17, 15) is 5.11 Å². The van der Waals surface area contributed by atoms with Crippen LogP contribution in [0.4, 0.5) is 17.3 Å². The zero-order chi connectivity index (χ0) is 30.8. The van der Waals surface area contributed by atoms with Gasteiger partial charge in [0, 0.05) is 49.7 Å². The molecule has 224 valence electrons. The molecule has 3 aromatic carbocycles. The Balaban J connectivity index is 1.25. The van der Waals surface area contributed by atoms with Crippen LogP contribution < -0.4 is 15.0 Å². The first-order chi connectivity index (χ1) is 22.1. The van der Waals surface area contributed by atoms with Crippen molar-refractivity contribution in [3.8, 4) is 28.4 Å². The number of hydrogen-bond donors (Lipinski definition) is 3. The van der Waals surface area contributed by atoms with E-state index in [2.05, 4.69) is 39.6 Å². The molecule has 0 atom stereocenters. The Hall–Kier alpha value is -5.74. The van der Waals surface area contributed by atoms with Gasteiger partial charge in [0.05, 0.1) is 47.5 Å². The number of aromatic nitrogens is 6. The van der Waals surface area contributed by atoms with E-state index in [0.717, 1.165) is 57.3 Å². The van der Waals surface area contributed by atoms with Crippen molar-refractivity contribution in [1.29, 1.82) is 0 Å². The highest BCUT2D eigenvalue weighted by Crippen LogP contribution is 2.35. The lowest BCUT2D eigenvalue weighted by molar-refractivity contribution is 0.304. The van der Waals surface area contributed by atoms with Crippen molar-refractivity contribution in [3.63, 3.8) is 0 Å². The first kappa shape index (κ1) is 28.1. The molecule has 4 aromatic heterocycles.